The van der Waals surface area contributed by atoms with Crippen molar-refractivity contribution in [2.45, 2.75) is 13.8 Å². The van der Waals surface area contributed by atoms with Gasteiger partial charge in [-0.2, -0.15) is 5.10 Å². The summed E-state index contributed by atoms with van der Waals surface area (Å²) >= 11 is 6.06. The molecule has 7 heteroatoms. The first-order valence-electron chi connectivity index (χ1n) is 5.68. The molecule has 0 radical (unpaired) electrons. The fourth-order valence-electron chi connectivity index (χ4n) is 1.49. The number of carbonyl (C=O) groups is 1. The van der Waals surface area contributed by atoms with Crippen molar-refractivity contribution in [3.8, 4) is 5.82 Å². The molecule has 0 aliphatic carbocycles. The number of carbonyl (C=O) groups excluding carboxylic acids is 1. The Balaban J connectivity index is 2.44. The second-order valence-corrected chi connectivity index (χ2v) is 4.71. The highest BCUT2D eigenvalue weighted by atomic mass is 35.5. The highest BCUT2D eigenvalue weighted by Gasteiger charge is 2.15. The van der Waals surface area contributed by atoms with Crippen LogP contribution in [0.25, 0.3) is 5.82 Å². The highest BCUT2D eigenvalue weighted by Crippen LogP contribution is 2.17. The number of hydrogen-bond donors (Lipinski definition) is 0. The Morgan fingerprint density at radius 3 is 2.53 bits per heavy atom. The summed E-state index contributed by atoms with van der Waals surface area (Å²) in [5.74, 6) is 0.245. The van der Waals surface area contributed by atoms with Crippen molar-refractivity contribution in [2.75, 3.05) is 14.1 Å². The van der Waals surface area contributed by atoms with Crippen LogP contribution >= 0.6 is 11.6 Å². The Morgan fingerprint density at radius 1 is 1.26 bits per heavy atom. The van der Waals surface area contributed by atoms with Gasteiger partial charge in [0.25, 0.3) is 5.91 Å². The van der Waals surface area contributed by atoms with Crippen molar-refractivity contribution in [3.63, 3.8) is 0 Å². The van der Waals surface area contributed by atoms with Crippen LogP contribution in [0.5, 0.6) is 0 Å². The first-order chi connectivity index (χ1) is 8.90. The molecule has 6 nitrogen and oxygen atoms in total. The van der Waals surface area contributed by atoms with Crippen molar-refractivity contribution >= 4 is 17.5 Å². The number of nitrogens with zero attached hydrogens (tertiary/aromatic N) is 5. The summed E-state index contributed by atoms with van der Waals surface area (Å²) in [6.45, 7) is 3.68. The maximum atomic E-state index is 11.8. The van der Waals surface area contributed by atoms with E-state index >= 15 is 0 Å². The zero-order chi connectivity index (χ0) is 14.2. The fraction of sp³-hybridized carbons (Fsp3) is 0.333. The largest absolute Gasteiger partial charge is 0.343 e. The van der Waals surface area contributed by atoms with Gasteiger partial charge < -0.3 is 4.90 Å². The Bertz CT molecular complexity index is 635. The number of aryl methyl sites for hydroxylation is 2. The third kappa shape index (κ3) is 2.58. The Kier molecular flexibility index (Phi) is 3.53. The molecule has 1 amide bonds. The van der Waals surface area contributed by atoms with Crippen LogP contribution in [0.3, 0.4) is 0 Å². The van der Waals surface area contributed by atoms with Crippen LogP contribution < -0.4 is 0 Å². The molecular formula is C12H14ClN5O. The van der Waals surface area contributed by atoms with Crippen molar-refractivity contribution in [1.82, 2.24) is 24.6 Å². The van der Waals surface area contributed by atoms with Crippen LogP contribution in [0.2, 0.25) is 5.15 Å². The summed E-state index contributed by atoms with van der Waals surface area (Å²) in [6, 6.07) is 1.62. The van der Waals surface area contributed by atoms with Gasteiger partial charge >= 0.3 is 0 Å². The zero-order valence-electron chi connectivity index (χ0n) is 11.2. The van der Waals surface area contributed by atoms with Crippen molar-refractivity contribution in [1.29, 1.82) is 0 Å². The highest BCUT2D eigenvalue weighted by molar-refractivity contribution is 6.30. The van der Waals surface area contributed by atoms with Gasteiger partial charge in [0.2, 0.25) is 0 Å². The second-order valence-electron chi connectivity index (χ2n) is 4.35. The molecule has 19 heavy (non-hydrogen) atoms. The summed E-state index contributed by atoms with van der Waals surface area (Å²) in [4.78, 5) is 21.8. The van der Waals surface area contributed by atoms with Crippen molar-refractivity contribution in [3.05, 3.63) is 34.5 Å². The smallest absolute Gasteiger partial charge is 0.273 e. The molecule has 0 bridgehead atoms. The molecule has 0 N–H and O–H groups in total. The normalized spacial score (nSPS) is 10.6. The lowest BCUT2D eigenvalue weighted by atomic mass is 10.3. The van der Waals surface area contributed by atoms with Gasteiger partial charge in [-0.1, -0.05) is 11.6 Å². The van der Waals surface area contributed by atoms with E-state index in [0.29, 0.717) is 11.5 Å². The quantitative estimate of drug-likeness (QED) is 0.838. The van der Waals surface area contributed by atoms with Crippen LogP contribution in [-0.4, -0.2) is 44.7 Å². The molecule has 2 heterocycles. The lowest BCUT2D eigenvalue weighted by molar-refractivity contribution is 0.0821. The van der Waals surface area contributed by atoms with Gasteiger partial charge in [0.05, 0.1) is 11.4 Å². The molecule has 0 unspecified atom stereocenters. The monoisotopic (exact) mass is 279 g/mol. The number of aromatic nitrogens is 4. The topological polar surface area (TPSA) is 63.9 Å². The molecule has 0 spiro atoms. The molecule has 2 rings (SSSR count). The number of amides is 1. The van der Waals surface area contributed by atoms with Gasteiger partial charge in [0, 0.05) is 20.3 Å². The molecule has 2 aromatic rings. The number of rotatable bonds is 2. The molecular weight excluding hydrogens is 266 g/mol. The zero-order valence-corrected chi connectivity index (χ0v) is 11.9. The molecule has 0 saturated heterocycles. The number of halogens is 1. The van der Waals surface area contributed by atoms with Crippen molar-refractivity contribution < 1.29 is 4.79 Å². The van der Waals surface area contributed by atoms with E-state index in [4.69, 9.17) is 11.6 Å². The van der Waals surface area contributed by atoms with E-state index in [2.05, 4.69) is 15.1 Å². The average Bonchev–Trinajstić information content (AvgIpc) is 2.81. The third-order valence-electron chi connectivity index (χ3n) is 2.68. The van der Waals surface area contributed by atoms with Gasteiger partial charge in [-0.05, 0) is 19.9 Å². The van der Waals surface area contributed by atoms with Gasteiger partial charge in [-0.3, -0.25) is 4.79 Å². The standard InChI is InChI=1S/C12H14ClN5O/c1-7-8(2)15-11(10(13)14-7)18-6-5-9(16-18)12(19)17(3)4/h5-6H,1-4H3. The van der Waals surface area contributed by atoms with Gasteiger partial charge in [-0.25, -0.2) is 14.6 Å². The minimum Gasteiger partial charge on any atom is -0.343 e. The Morgan fingerprint density at radius 2 is 1.89 bits per heavy atom. The SMILES string of the molecule is Cc1nc(Cl)c(-n2ccc(C(=O)N(C)C)n2)nc1C. The van der Waals surface area contributed by atoms with E-state index in [1.165, 1.54) is 9.58 Å². The predicted molar refractivity (Wildman–Crippen MR) is 71.7 cm³/mol. The Hall–Kier alpha value is -1.95. The van der Waals surface area contributed by atoms with Crippen LogP contribution in [0.4, 0.5) is 0 Å². The maximum Gasteiger partial charge on any atom is 0.273 e. The van der Waals surface area contributed by atoms with Crippen LogP contribution in [0, 0.1) is 13.8 Å². The van der Waals surface area contributed by atoms with Crippen LogP contribution in [-0.2, 0) is 0 Å². The average molecular weight is 280 g/mol. The lowest BCUT2D eigenvalue weighted by Gasteiger charge is -2.08. The Labute approximate surface area is 116 Å². The molecule has 0 aromatic carbocycles. The van der Waals surface area contributed by atoms with Gasteiger partial charge in [0.1, 0.15) is 0 Å². The maximum absolute atomic E-state index is 11.8. The minimum absolute atomic E-state index is 0.174. The lowest BCUT2D eigenvalue weighted by Crippen LogP contribution is -2.22. The van der Waals surface area contributed by atoms with E-state index < -0.39 is 0 Å². The van der Waals surface area contributed by atoms with Crippen LogP contribution in [0.1, 0.15) is 21.9 Å². The van der Waals surface area contributed by atoms with E-state index in [1.54, 1.807) is 26.4 Å². The van der Waals surface area contributed by atoms with E-state index in [0.717, 1.165) is 11.4 Å². The minimum atomic E-state index is -0.174. The van der Waals surface area contributed by atoms with E-state index in [1.807, 2.05) is 13.8 Å². The van der Waals surface area contributed by atoms with E-state index in [-0.39, 0.29) is 11.1 Å². The molecule has 2 aromatic heterocycles. The number of hydrogen-bond acceptors (Lipinski definition) is 4. The molecule has 0 aliphatic heterocycles. The fourth-order valence-corrected chi connectivity index (χ4v) is 1.75. The van der Waals surface area contributed by atoms with Gasteiger partial charge in [-0.15, -0.1) is 0 Å². The third-order valence-corrected chi connectivity index (χ3v) is 2.93. The summed E-state index contributed by atoms with van der Waals surface area (Å²) < 4.78 is 1.46. The van der Waals surface area contributed by atoms with Crippen molar-refractivity contribution in [2.24, 2.45) is 0 Å². The molecule has 0 atom stereocenters. The second kappa shape index (κ2) is 4.97. The molecule has 0 saturated carbocycles. The van der Waals surface area contributed by atoms with Gasteiger partial charge in [0.15, 0.2) is 16.7 Å². The summed E-state index contributed by atoms with van der Waals surface area (Å²) in [5.41, 5.74) is 1.88. The summed E-state index contributed by atoms with van der Waals surface area (Å²) in [7, 11) is 3.34. The van der Waals surface area contributed by atoms with Crippen LogP contribution in [0.15, 0.2) is 12.3 Å². The summed E-state index contributed by atoms with van der Waals surface area (Å²) in [6.07, 6.45) is 1.64. The molecule has 0 aliphatic rings. The molecule has 100 valence electrons. The predicted octanol–water partition coefficient (Wildman–Crippen LogP) is 1.63. The first-order valence-corrected chi connectivity index (χ1v) is 6.06. The molecule has 0 fully saturated rings. The first kappa shape index (κ1) is 13.5. The summed E-state index contributed by atoms with van der Waals surface area (Å²) in [5, 5.41) is 4.43. The van der Waals surface area contributed by atoms with E-state index in [9.17, 15) is 4.79 Å².